The van der Waals surface area contributed by atoms with Crippen molar-refractivity contribution in [1.29, 1.82) is 0 Å². The quantitative estimate of drug-likeness (QED) is 0.849. The molecule has 4 heteroatoms. The molecule has 1 aromatic rings. The first kappa shape index (κ1) is 11.2. The van der Waals surface area contributed by atoms with Gasteiger partial charge in [0, 0.05) is 6.04 Å². The van der Waals surface area contributed by atoms with Crippen LogP contribution < -0.4 is 5.32 Å². The van der Waals surface area contributed by atoms with Crippen molar-refractivity contribution >= 4 is 0 Å². The number of hydrogen-bond acceptors (Lipinski definition) is 3. The molecule has 94 valence electrons. The second-order valence-corrected chi connectivity index (χ2v) is 5.55. The Morgan fingerprint density at radius 2 is 1.94 bits per heavy atom. The molecule has 3 rings (SSSR count). The molecule has 0 spiro atoms. The second kappa shape index (κ2) is 4.77. The van der Waals surface area contributed by atoms with Gasteiger partial charge in [0.2, 0.25) is 0 Å². The van der Waals surface area contributed by atoms with Crippen LogP contribution in [-0.2, 0) is 6.54 Å². The molecular formula is C13H22N4. The lowest BCUT2D eigenvalue weighted by atomic mass is 10.2. The lowest BCUT2D eigenvalue weighted by Gasteiger charge is -2.16. The maximum atomic E-state index is 4.33. The molecule has 17 heavy (non-hydrogen) atoms. The molecule has 1 heterocycles. The molecule has 2 saturated carbocycles. The zero-order chi connectivity index (χ0) is 11.7. The van der Waals surface area contributed by atoms with Gasteiger partial charge in [-0.3, -0.25) is 0 Å². The minimum Gasteiger partial charge on any atom is -0.311 e. The first-order valence-electron chi connectivity index (χ1n) is 6.95. The predicted molar refractivity (Wildman–Crippen MR) is 66.7 cm³/mol. The second-order valence-electron chi connectivity index (χ2n) is 5.55. The maximum Gasteiger partial charge on any atom is 0.147 e. The third-order valence-corrected chi connectivity index (χ3v) is 4.04. The molecule has 0 aliphatic heterocycles. The summed E-state index contributed by atoms with van der Waals surface area (Å²) in [6, 6.07) is 0.655. The van der Waals surface area contributed by atoms with Gasteiger partial charge in [0.15, 0.2) is 0 Å². The third kappa shape index (κ3) is 2.51. The minimum atomic E-state index is 0.655. The summed E-state index contributed by atoms with van der Waals surface area (Å²) in [7, 11) is 0. The average molecular weight is 234 g/mol. The Morgan fingerprint density at radius 1 is 1.18 bits per heavy atom. The molecular weight excluding hydrogens is 212 g/mol. The van der Waals surface area contributed by atoms with Gasteiger partial charge in [-0.2, -0.15) is 0 Å². The zero-order valence-corrected chi connectivity index (χ0v) is 10.7. The van der Waals surface area contributed by atoms with Crippen LogP contribution in [0.5, 0.6) is 0 Å². The fourth-order valence-electron chi connectivity index (χ4n) is 2.88. The SMILES string of the molecule is Cc1nnc(CNCC2CC2)n1C1CCCC1. The molecule has 0 atom stereocenters. The Hall–Kier alpha value is -0.900. The zero-order valence-electron chi connectivity index (χ0n) is 10.7. The topological polar surface area (TPSA) is 42.7 Å². The highest BCUT2D eigenvalue weighted by molar-refractivity contribution is 4.98. The largest absolute Gasteiger partial charge is 0.311 e. The summed E-state index contributed by atoms with van der Waals surface area (Å²) in [4.78, 5) is 0. The predicted octanol–water partition coefficient (Wildman–Crippen LogP) is 2.20. The lowest BCUT2D eigenvalue weighted by Crippen LogP contribution is -2.21. The number of hydrogen-bond donors (Lipinski definition) is 1. The van der Waals surface area contributed by atoms with Crippen LogP contribution in [-0.4, -0.2) is 21.3 Å². The van der Waals surface area contributed by atoms with Crippen LogP contribution in [0.3, 0.4) is 0 Å². The van der Waals surface area contributed by atoms with Crippen LogP contribution in [0.2, 0.25) is 0 Å². The van der Waals surface area contributed by atoms with Gasteiger partial charge >= 0.3 is 0 Å². The number of nitrogens with one attached hydrogen (secondary N) is 1. The molecule has 0 bridgehead atoms. The van der Waals surface area contributed by atoms with Gasteiger partial charge in [0.25, 0.3) is 0 Å². The lowest BCUT2D eigenvalue weighted by molar-refractivity contribution is 0.473. The van der Waals surface area contributed by atoms with Crippen molar-refractivity contribution in [3.05, 3.63) is 11.6 Å². The van der Waals surface area contributed by atoms with Crippen molar-refractivity contribution in [2.24, 2.45) is 5.92 Å². The minimum absolute atomic E-state index is 0.655. The summed E-state index contributed by atoms with van der Waals surface area (Å²) in [5.41, 5.74) is 0. The highest BCUT2D eigenvalue weighted by Crippen LogP contribution is 2.31. The van der Waals surface area contributed by atoms with E-state index >= 15 is 0 Å². The Labute approximate surface area is 103 Å². The van der Waals surface area contributed by atoms with E-state index in [0.717, 1.165) is 30.7 Å². The van der Waals surface area contributed by atoms with E-state index in [2.05, 4.69) is 27.0 Å². The van der Waals surface area contributed by atoms with Crippen LogP contribution >= 0.6 is 0 Å². The van der Waals surface area contributed by atoms with E-state index in [4.69, 9.17) is 0 Å². The smallest absolute Gasteiger partial charge is 0.147 e. The van der Waals surface area contributed by atoms with Crippen LogP contribution in [0, 0.1) is 12.8 Å². The summed E-state index contributed by atoms with van der Waals surface area (Å²) < 4.78 is 2.37. The van der Waals surface area contributed by atoms with Crippen molar-refractivity contribution in [2.75, 3.05) is 6.54 Å². The summed E-state index contributed by atoms with van der Waals surface area (Å²) >= 11 is 0. The molecule has 0 radical (unpaired) electrons. The van der Waals surface area contributed by atoms with Crippen molar-refractivity contribution in [1.82, 2.24) is 20.1 Å². The molecule has 0 aromatic carbocycles. The van der Waals surface area contributed by atoms with Crippen molar-refractivity contribution in [3.8, 4) is 0 Å². The van der Waals surface area contributed by atoms with Crippen LogP contribution in [0.4, 0.5) is 0 Å². The van der Waals surface area contributed by atoms with E-state index in [0.29, 0.717) is 6.04 Å². The number of nitrogens with zero attached hydrogens (tertiary/aromatic N) is 3. The first-order valence-corrected chi connectivity index (χ1v) is 6.95. The first-order chi connectivity index (χ1) is 8.34. The molecule has 1 aromatic heterocycles. The molecule has 0 unspecified atom stereocenters. The monoisotopic (exact) mass is 234 g/mol. The van der Waals surface area contributed by atoms with E-state index in [1.54, 1.807) is 0 Å². The molecule has 2 fully saturated rings. The van der Waals surface area contributed by atoms with E-state index in [1.165, 1.54) is 38.5 Å². The van der Waals surface area contributed by atoms with Crippen molar-refractivity contribution in [3.63, 3.8) is 0 Å². The number of aromatic nitrogens is 3. The van der Waals surface area contributed by atoms with E-state index in [9.17, 15) is 0 Å². The van der Waals surface area contributed by atoms with Gasteiger partial charge < -0.3 is 9.88 Å². The van der Waals surface area contributed by atoms with Crippen molar-refractivity contribution < 1.29 is 0 Å². The van der Waals surface area contributed by atoms with E-state index < -0.39 is 0 Å². The summed E-state index contributed by atoms with van der Waals surface area (Å²) in [5.74, 6) is 3.15. The average Bonchev–Trinajstić information content (AvgIpc) is 2.85. The fourth-order valence-corrected chi connectivity index (χ4v) is 2.88. The van der Waals surface area contributed by atoms with Crippen LogP contribution in [0.15, 0.2) is 0 Å². The maximum absolute atomic E-state index is 4.33. The summed E-state index contributed by atoms with van der Waals surface area (Å²) in [6.07, 6.45) is 8.13. The number of aryl methyl sites for hydroxylation is 1. The molecule has 0 saturated heterocycles. The van der Waals surface area contributed by atoms with Crippen molar-refractivity contribution in [2.45, 2.75) is 58.0 Å². The summed E-state index contributed by atoms with van der Waals surface area (Å²) in [5, 5.41) is 12.1. The highest BCUT2D eigenvalue weighted by atomic mass is 15.3. The van der Waals surface area contributed by atoms with Gasteiger partial charge in [-0.05, 0) is 45.1 Å². The number of rotatable bonds is 5. The Kier molecular flexibility index (Phi) is 3.14. The molecule has 0 amide bonds. The fraction of sp³-hybridized carbons (Fsp3) is 0.846. The van der Waals surface area contributed by atoms with E-state index in [-0.39, 0.29) is 0 Å². The Morgan fingerprint density at radius 3 is 2.65 bits per heavy atom. The van der Waals surface area contributed by atoms with Gasteiger partial charge in [-0.15, -0.1) is 10.2 Å². The summed E-state index contributed by atoms with van der Waals surface area (Å²) in [6.45, 7) is 4.11. The van der Waals surface area contributed by atoms with Gasteiger partial charge in [-0.25, -0.2) is 0 Å². The van der Waals surface area contributed by atoms with E-state index in [1.807, 2.05) is 0 Å². The Balaban J connectivity index is 1.65. The molecule has 4 nitrogen and oxygen atoms in total. The molecule has 2 aliphatic carbocycles. The van der Waals surface area contributed by atoms with Crippen LogP contribution in [0.25, 0.3) is 0 Å². The third-order valence-electron chi connectivity index (χ3n) is 4.04. The van der Waals surface area contributed by atoms with Crippen LogP contribution in [0.1, 0.15) is 56.2 Å². The normalized spacial score (nSPS) is 21.2. The highest BCUT2D eigenvalue weighted by Gasteiger charge is 2.23. The molecule has 2 aliphatic rings. The van der Waals surface area contributed by atoms with Gasteiger partial charge in [0.05, 0.1) is 6.54 Å². The standard InChI is InChI=1S/C13H22N4/c1-10-15-16-13(9-14-8-11-6-7-11)17(10)12-4-2-3-5-12/h11-12,14H,2-9H2,1H3. The van der Waals surface area contributed by atoms with Gasteiger partial charge in [0.1, 0.15) is 11.6 Å². The molecule has 1 N–H and O–H groups in total. The Bertz CT molecular complexity index is 375. The van der Waals surface area contributed by atoms with Gasteiger partial charge in [-0.1, -0.05) is 12.8 Å².